The van der Waals surface area contributed by atoms with Crippen molar-refractivity contribution < 1.29 is 43.5 Å². The first-order valence-electron chi connectivity index (χ1n) is 15.8. The van der Waals surface area contributed by atoms with E-state index in [1.807, 2.05) is 0 Å². The molecule has 230 valence electrons. The Hall–Kier alpha value is -1.26. The molecule has 0 amide bonds. The van der Waals surface area contributed by atoms with Crippen LogP contribution in [0.15, 0.2) is 0 Å². The fourth-order valence-corrected chi connectivity index (χ4v) is 11.8. The van der Waals surface area contributed by atoms with Gasteiger partial charge in [-0.2, -0.15) is 0 Å². The lowest BCUT2D eigenvalue weighted by molar-refractivity contribution is -0.315. The van der Waals surface area contributed by atoms with E-state index in [0.717, 1.165) is 19.3 Å². The second-order valence-corrected chi connectivity index (χ2v) is 15.7. The van der Waals surface area contributed by atoms with Crippen molar-refractivity contribution in [3.05, 3.63) is 0 Å². The first-order chi connectivity index (χ1) is 19.1. The molecule has 3 saturated heterocycles. The van der Waals surface area contributed by atoms with Crippen LogP contribution in [-0.2, 0) is 33.3 Å². The summed E-state index contributed by atoms with van der Waals surface area (Å²) in [6, 6.07) is 0. The minimum Gasteiger partial charge on any atom is -0.459 e. The quantitative estimate of drug-likeness (QED) is 0.474. The molecule has 41 heavy (non-hydrogen) atoms. The van der Waals surface area contributed by atoms with Gasteiger partial charge in [0.2, 0.25) is 0 Å². The number of aliphatic hydroxyl groups excluding tert-OH is 2. The van der Waals surface area contributed by atoms with Gasteiger partial charge in [0.05, 0.1) is 17.8 Å². The molecule has 4 saturated carbocycles. The number of fused-ring (bicyclic) bond motifs is 5. The highest BCUT2D eigenvalue weighted by molar-refractivity contribution is 5.67. The topological polar surface area (TPSA) is 121 Å². The average molecular weight is 577 g/mol. The fourth-order valence-electron chi connectivity index (χ4n) is 11.8. The van der Waals surface area contributed by atoms with E-state index in [4.69, 9.17) is 23.7 Å². The number of aliphatic hydroxyl groups is 2. The van der Waals surface area contributed by atoms with Crippen LogP contribution < -0.4 is 0 Å². The maximum atomic E-state index is 12.1. The van der Waals surface area contributed by atoms with Gasteiger partial charge in [-0.1, -0.05) is 13.8 Å². The number of esters is 2. The molecule has 15 atom stereocenters. The van der Waals surface area contributed by atoms with Gasteiger partial charge in [0.15, 0.2) is 12.1 Å². The first-order valence-corrected chi connectivity index (χ1v) is 15.8. The van der Waals surface area contributed by atoms with Crippen molar-refractivity contribution in [2.24, 2.45) is 46.3 Å². The SMILES string of the molecule is CC(=O)OC1CC2CCC3C(C(O)CC45C(O)OC6(C)C4C(CC35)OC63CC(C)C(C)(C)O3)C2(C)CC1OC(C)=O. The van der Waals surface area contributed by atoms with Crippen LogP contribution in [-0.4, -0.2) is 69.8 Å². The molecule has 3 aliphatic heterocycles. The highest BCUT2D eigenvalue weighted by Crippen LogP contribution is 2.77. The minimum absolute atomic E-state index is 0.0262. The van der Waals surface area contributed by atoms with Crippen molar-refractivity contribution in [2.75, 3.05) is 0 Å². The highest BCUT2D eigenvalue weighted by Gasteiger charge is 2.84. The van der Waals surface area contributed by atoms with Gasteiger partial charge >= 0.3 is 11.9 Å². The van der Waals surface area contributed by atoms with E-state index in [1.54, 1.807) is 0 Å². The van der Waals surface area contributed by atoms with Crippen molar-refractivity contribution in [1.29, 1.82) is 0 Å². The Morgan fingerprint density at radius 2 is 1.56 bits per heavy atom. The number of ether oxygens (including phenoxy) is 5. The third-order valence-electron chi connectivity index (χ3n) is 13.5. The van der Waals surface area contributed by atoms with Gasteiger partial charge in [0.25, 0.3) is 0 Å². The minimum atomic E-state index is -0.995. The summed E-state index contributed by atoms with van der Waals surface area (Å²) in [5.41, 5.74) is -2.07. The van der Waals surface area contributed by atoms with Crippen LogP contribution in [0.1, 0.15) is 93.4 Å². The van der Waals surface area contributed by atoms with Crippen molar-refractivity contribution in [1.82, 2.24) is 0 Å². The van der Waals surface area contributed by atoms with Gasteiger partial charge in [-0.3, -0.25) is 9.59 Å². The normalized spacial score (nSPS) is 57.9. The second kappa shape index (κ2) is 8.68. The molecule has 2 spiro atoms. The van der Waals surface area contributed by atoms with Crippen LogP contribution in [0, 0.1) is 46.3 Å². The van der Waals surface area contributed by atoms with E-state index in [1.165, 1.54) is 13.8 Å². The molecule has 0 aromatic carbocycles. The molecule has 15 unspecified atom stereocenters. The summed E-state index contributed by atoms with van der Waals surface area (Å²) in [5.74, 6) is -0.939. The lowest BCUT2D eigenvalue weighted by atomic mass is 9.43. The van der Waals surface area contributed by atoms with Gasteiger partial charge in [-0.05, 0) is 94.3 Å². The Morgan fingerprint density at radius 1 is 0.878 bits per heavy atom. The van der Waals surface area contributed by atoms with Gasteiger partial charge < -0.3 is 33.9 Å². The van der Waals surface area contributed by atoms with Gasteiger partial charge in [0.1, 0.15) is 17.8 Å². The van der Waals surface area contributed by atoms with Crippen molar-refractivity contribution in [3.63, 3.8) is 0 Å². The Bertz CT molecular complexity index is 1140. The predicted octanol–water partition coefficient (Wildman–Crippen LogP) is 3.72. The molecule has 7 aliphatic rings. The van der Waals surface area contributed by atoms with E-state index in [0.29, 0.717) is 25.7 Å². The molecule has 0 aromatic rings. The lowest BCUT2D eigenvalue weighted by Gasteiger charge is -2.63. The molecule has 0 bridgehead atoms. The van der Waals surface area contributed by atoms with E-state index >= 15 is 0 Å². The van der Waals surface area contributed by atoms with Gasteiger partial charge in [-0.15, -0.1) is 0 Å². The summed E-state index contributed by atoms with van der Waals surface area (Å²) >= 11 is 0. The largest absolute Gasteiger partial charge is 0.459 e. The summed E-state index contributed by atoms with van der Waals surface area (Å²) in [5, 5.41) is 23.9. The van der Waals surface area contributed by atoms with Crippen LogP contribution in [0.3, 0.4) is 0 Å². The highest BCUT2D eigenvalue weighted by atomic mass is 16.8. The standard InChI is InChI=1S/C32H48O9/c1-15-12-32(41-28(15,4)5)30(7)26-23(39-32)11-20-19-9-8-18-10-22(37-16(2)33)24(38-17(3)34)14-29(18,6)25(19)21(35)13-31(20,26)27(36)40-30/h15,18-27,35-36H,8-14H2,1-7H3. The molecule has 2 N–H and O–H groups in total. The average Bonchev–Trinajstić information content (AvgIpc) is 3.45. The molecular weight excluding hydrogens is 528 g/mol. The first kappa shape index (κ1) is 28.5. The Kier molecular flexibility index (Phi) is 6.03. The van der Waals surface area contributed by atoms with Crippen LogP contribution in [0.25, 0.3) is 0 Å². The number of hydrogen-bond acceptors (Lipinski definition) is 9. The van der Waals surface area contributed by atoms with Crippen molar-refractivity contribution in [2.45, 2.75) is 141 Å². The zero-order valence-corrected chi connectivity index (χ0v) is 25.6. The molecular formula is C32H48O9. The van der Waals surface area contributed by atoms with Crippen molar-refractivity contribution >= 4 is 11.9 Å². The molecule has 9 heteroatoms. The predicted molar refractivity (Wildman–Crippen MR) is 145 cm³/mol. The lowest BCUT2D eigenvalue weighted by Crippen LogP contribution is -2.63. The maximum Gasteiger partial charge on any atom is 0.303 e. The third kappa shape index (κ3) is 3.53. The number of hydrogen-bond donors (Lipinski definition) is 2. The maximum absolute atomic E-state index is 12.1. The zero-order valence-electron chi connectivity index (χ0n) is 25.6. The smallest absolute Gasteiger partial charge is 0.303 e. The Morgan fingerprint density at radius 3 is 2.20 bits per heavy atom. The van der Waals surface area contributed by atoms with Crippen LogP contribution in [0.5, 0.6) is 0 Å². The summed E-state index contributed by atoms with van der Waals surface area (Å²) in [6.45, 7) is 13.5. The molecule has 7 fully saturated rings. The number of rotatable bonds is 2. The Labute approximate surface area is 242 Å². The van der Waals surface area contributed by atoms with E-state index < -0.39 is 47.4 Å². The Balaban J connectivity index is 1.22. The van der Waals surface area contributed by atoms with Crippen LogP contribution >= 0.6 is 0 Å². The summed E-state index contributed by atoms with van der Waals surface area (Å²) in [6.07, 6.45) is 2.23. The fraction of sp³-hybridized carbons (Fsp3) is 0.938. The van der Waals surface area contributed by atoms with Gasteiger partial charge in [0, 0.05) is 31.6 Å². The monoisotopic (exact) mass is 576 g/mol. The van der Waals surface area contributed by atoms with E-state index in [9.17, 15) is 19.8 Å². The zero-order chi connectivity index (χ0) is 29.5. The van der Waals surface area contributed by atoms with Crippen LogP contribution in [0.2, 0.25) is 0 Å². The molecule has 0 aromatic heterocycles. The second-order valence-electron chi connectivity index (χ2n) is 15.7. The van der Waals surface area contributed by atoms with Crippen LogP contribution in [0.4, 0.5) is 0 Å². The van der Waals surface area contributed by atoms with E-state index in [-0.39, 0.29) is 58.6 Å². The van der Waals surface area contributed by atoms with E-state index in [2.05, 4.69) is 34.6 Å². The van der Waals surface area contributed by atoms with Crippen molar-refractivity contribution in [3.8, 4) is 0 Å². The third-order valence-corrected chi connectivity index (χ3v) is 13.5. The molecule has 0 radical (unpaired) electrons. The summed E-state index contributed by atoms with van der Waals surface area (Å²) in [4.78, 5) is 24.0. The molecule has 3 heterocycles. The summed E-state index contributed by atoms with van der Waals surface area (Å²) in [7, 11) is 0. The number of carbonyl (C=O) groups excluding carboxylic acids is 2. The summed E-state index contributed by atoms with van der Waals surface area (Å²) < 4.78 is 31.6. The van der Waals surface area contributed by atoms with Gasteiger partial charge in [-0.25, -0.2) is 0 Å². The molecule has 4 aliphatic carbocycles. The molecule has 9 nitrogen and oxygen atoms in total. The number of carbonyl (C=O) groups is 2. The molecule has 7 rings (SSSR count).